The van der Waals surface area contributed by atoms with Crippen molar-refractivity contribution in [3.8, 4) is 0 Å². The first-order chi connectivity index (χ1) is 6.99. The first kappa shape index (κ1) is 12.0. The van der Waals surface area contributed by atoms with Crippen LogP contribution in [0.3, 0.4) is 0 Å². The van der Waals surface area contributed by atoms with E-state index in [0.717, 1.165) is 12.2 Å². The molecule has 0 aliphatic heterocycles. The van der Waals surface area contributed by atoms with Gasteiger partial charge in [0, 0.05) is 12.7 Å². The highest BCUT2D eigenvalue weighted by Gasteiger charge is 2.21. The Bertz CT molecular complexity index is 283. The molecule has 2 N–H and O–H groups in total. The maximum atomic E-state index is 10.1. The molecule has 0 spiro atoms. The van der Waals surface area contributed by atoms with E-state index in [1.165, 1.54) is 0 Å². The van der Waals surface area contributed by atoms with Gasteiger partial charge < -0.3 is 10.4 Å². The summed E-state index contributed by atoms with van der Waals surface area (Å²) in [6.07, 6.45) is 2.52. The lowest BCUT2D eigenvalue weighted by Gasteiger charge is -2.25. The minimum absolute atomic E-state index is 0.491. The first-order valence-electron chi connectivity index (χ1n) is 5.37. The van der Waals surface area contributed by atoms with Crippen LogP contribution in [0, 0.1) is 5.92 Å². The predicted molar refractivity (Wildman–Crippen MR) is 62.8 cm³/mol. The van der Waals surface area contributed by atoms with Crippen LogP contribution in [-0.4, -0.2) is 22.2 Å². The maximum absolute atomic E-state index is 10.1. The van der Waals surface area contributed by atoms with Gasteiger partial charge in [-0.3, -0.25) is 0 Å². The second-order valence-corrected chi connectivity index (χ2v) is 4.66. The fourth-order valence-electron chi connectivity index (χ4n) is 1.70. The van der Waals surface area contributed by atoms with E-state index in [-0.39, 0.29) is 0 Å². The highest BCUT2D eigenvalue weighted by atomic mass is 16.3. The number of anilines is 1. The molecule has 1 aromatic heterocycles. The van der Waals surface area contributed by atoms with Crippen LogP contribution in [0.5, 0.6) is 0 Å². The standard InChI is InChI=1S/C12H20N2O/c1-10(2)8-12(3,15)9-14-11-6-4-5-7-13-11/h4-7,10,15H,8-9H2,1-3H3,(H,13,14). The Balaban J connectivity index is 2.42. The average Bonchev–Trinajstić information content (AvgIpc) is 2.15. The molecule has 0 saturated carbocycles. The molecule has 84 valence electrons. The zero-order valence-corrected chi connectivity index (χ0v) is 9.70. The molecule has 0 amide bonds. The summed E-state index contributed by atoms with van der Waals surface area (Å²) in [5.74, 6) is 1.30. The van der Waals surface area contributed by atoms with Crippen molar-refractivity contribution in [2.45, 2.75) is 32.8 Å². The number of aliphatic hydroxyl groups is 1. The van der Waals surface area contributed by atoms with Gasteiger partial charge >= 0.3 is 0 Å². The van der Waals surface area contributed by atoms with Crippen LogP contribution in [0.25, 0.3) is 0 Å². The topological polar surface area (TPSA) is 45.1 Å². The molecule has 1 rings (SSSR count). The summed E-state index contributed by atoms with van der Waals surface area (Å²) in [5, 5.41) is 13.2. The average molecular weight is 208 g/mol. The summed E-state index contributed by atoms with van der Waals surface area (Å²) in [4.78, 5) is 4.14. The SMILES string of the molecule is CC(C)CC(C)(O)CNc1ccccn1. The van der Waals surface area contributed by atoms with E-state index in [1.54, 1.807) is 6.20 Å². The quantitative estimate of drug-likeness (QED) is 0.780. The molecular formula is C12H20N2O. The number of hydrogen-bond acceptors (Lipinski definition) is 3. The van der Waals surface area contributed by atoms with Gasteiger partial charge in [-0.15, -0.1) is 0 Å². The van der Waals surface area contributed by atoms with Crippen LogP contribution >= 0.6 is 0 Å². The molecule has 1 aromatic rings. The van der Waals surface area contributed by atoms with Gasteiger partial charge in [0.15, 0.2) is 0 Å². The van der Waals surface area contributed by atoms with Crippen molar-refractivity contribution in [3.05, 3.63) is 24.4 Å². The summed E-state index contributed by atoms with van der Waals surface area (Å²) >= 11 is 0. The number of rotatable bonds is 5. The molecule has 15 heavy (non-hydrogen) atoms. The molecule has 0 fully saturated rings. The molecular weight excluding hydrogens is 188 g/mol. The fraction of sp³-hybridized carbons (Fsp3) is 0.583. The van der Waals surface area contributed by atoms with Gasteiger partial charge in [-0.1, -0.05) is 19.9 Å². The van der Waals surface area contributed by atoms with E-state index in [0.29, 0.717) is 12.5 Å². The highest BCUT2D eigenvalue weighted by molar-refractivity contribution is 5.33. The summed E-state index contributed by atoms with van der Waals surface area (Å²) in [5.41, 5.74) is -0.675. The molecule has 0 aliphatic carbocycles. The Morgan fingerprint density at radius 3 is 2.73 bits per heavy atom. The van der Waals surface area contributed by atoms with Crippen LogP contribution in [0.1, 0.15) is 27.2 Å². The number of pyridine rings is 1. The fourth-order valence-corrected chi connectivity index (χ4v) is 1.70. The monoisotopic (exact) mass is 208 g/mol. The zero-order chi connectivity index (χ0) is 11.3. The van der Waals surface area contributed by atoms with Crippen molar-refractivity contribution in [2.75, 3.05) is 11.9 Å². The van der Waals surface area contributed by atoms with Crippen molar-refractivity contribution in [1.29, 1.82) is 0 Å². The Hall–Kier alpha value is -1.09. The number of nitrogens with one attached hydrogen (secondary N) is 1. The van der Waals surface area contributed by atoms with Gasteiger partial charge in [-0.2, -0.15) is 0 Å². The highest BCUT2D eigenvalue weighted by Crippen LogP contribution is 2.16. The minimum atomic E-state index is -0.675. The van der Waals surface area contributed by atoms with Crippen LogP contribution in [0.4, 0.5) is 5.82 Å². The smallest absolute Gasteiger partial charge is 0.125 e. The van der Waals surface area contributed by atoms with Gasteiger partial charge in [0.2, 0.25) is 0 Å². The van der Waals surface area contributed by atoms with Gasteiger partial charge in [-0.25, -0.2) is 4.98 Å². The van der Waals surface area contributed by atoms with Crippen LogP contribution in [-0.2, 0) is 0 Å². The molecule has 0 bridgehead atoms. The van der Waals surface area contributed by atoms with Crippen molar-refractivity contribution >= 4 is 5.82 Å². The van der Waals surface area contributed by atoms with E-state index in [1.807, 2.05) is 25.1 Å². The Morgan fingerprint density at radius 1 is 1.47 bits per heavy atom. The van der Waals surface area contributed by atoms with Gasteiger partial charge in [0.25, 0.3) is 0 Å². The molecule has 3 nitrogen and oxygen atoms in total. The molecule has 1 atom stereocenters. The third-order valence-electron chi connectivity index (χ3n) is 2.16. The number of nitrogens with zero attached hydrogens (tertiary/aromatic N) is 1. The van der Waals surface area contributed by atoms with Crippen LogP contribution in [0.2, 0.25) is 0 Å². The summed E-state index contributed by atoms with van der Waals surface area (Å²) < 4.78 is 0. The predicted octanol–water partition coefficient (Wildman–Crippen LogP) is 2.29. The number of hydrogen-bond donors (Lipinski definition) is 2. The summed E-state index contributed by atoms with van der Waals surface area (Å²) in [7, 11) is 0. The maximum Gasteiger partial charge on any atom is 0.125 e. The van der Waals surface area contributed by atoms with Gasteiger partial charge in [0.1, 0.15) is 5.82 Å². The summed E-state index contributed by atoms with van der Waals surface area (Å²) in [6, 6.07) is 5.69. The molecule has 1 unspecified atom stereocenters. The Kier molecular flexibility index (Phi) is 4.09. The molecule has 0 aromatic carbocycles. The molecule has 1 heterocycles. The lowest BCUT2D eigenvalue weighted by molar-refractivity contribution is 0.0515. The normalized spacial score (nSPS) is 15.0. The molecule has 0 aliphatic rings. The molecule has 0 radical (unpaired) electrons. The van der Waals surface area contributed by atoms with Crippen LogP contribution in [0.15, 0.2) is 24.4 Å². The van der Waals surface area contributed by atoms with E-state index in [2.05, 4.69) is 24.1 Å². The van der Waals surface area contributed by atoms with E-state index in [4.69, 9.17) is 0 Å². The van der Waals surface area contributed by atoms with E-state index < -0.39 is 5.60 Å². The van der Waals surface area contributed by atoms with Crippen molar-refractivity contribution in [3.63, 3.8) is 0 Å². The lowest BCUT2D eigenvalue weighted by atomic mass is 9.94. The Morgan fingerprint density at radius 2 is 2.20 bits per heavy atom. The minimum Gasteiger partial charge on any atom is -0.388 e. The lowest BCUT2D eigenvalue weighted by Crippen LogP contribution is -2.35. The van der Waals surface area contributed by atoms with Crippen molar-refractivity contribution < 1.29 is 5.11 Å². The first-order valence-corrected chi connectivity index (χ1v) is 5.37. The van der Waals surface area contributed by atoms with Crippen molar-refractivity contribution in [2.24, 2.45) is 5.92 Å². The third-order valence-corrected chi connectivity index (χ3v) is 2.16. The third kappa shape index (κ3) is 4.79. The second kappa shape index (κ2) is 5.12. The second-order valence-electron chi connectivity index (χ2n) is 4.66. The van der Waals surface area contributed by atoms with E-state index in [9.17, 15) is 5.11 Å². The van der Waals surface area contributed by atoms with E-state index >= 15 is 0 Å². The van der Waals surface area contributed by atoms with Gasteiger partial charge in [-0.05, 0) is 31.4 Å². The van der Waals surface area contributed by atoms with Gasteiger partial charge in [0.05, 0.1) is 5.60 Å². The molecule has 3 heteroatoms. The largest absolute Gasteiger partial charge is 0.388 e. The molecule has 0 saturated heterocycles. The van der Waals surface area contributed by atoms with Crippen LogP contribution < -0.4 is 5.32 Å². The number of aromatic nitrogens is 1. The Labute approximate surface area is 91.5 Å². The summed E-state index contributed by atoms with van der Waals surface area (Å²) in [6.45, 7) is 6.59. The van der Waals surface area contributed by atoms with Crippen molar-refractivity contribution in [1.82, 2.24) is 4.98 Å². The zero-order valence-electron chi connectivity index (χ0n) is 9.70.